The summed E-state index contributed by atoms with van der Waals surface area (Å²) in [6, 6.07) is 5.34. The van der Waals surface area contributed by atoms with Crippen LogP contribution in [0.3, 0.4) is 0 Å². The lowest BCUT2D eigenvalue weighted by atomic mass is 10.2. The van der Waals surface area contributed by atoms with Crippen molar-refractivity contribution in [1.29, 1.82) is 0 Å². The highest BCUT2D eigenvalue weighted by molar-refractivity contribution is 9.10. The number of ether oxygens (including phenoxy) is 1. The number of hydrogen-bond donors (Lipinski definition) is 2. The van der Waals surface area contributed by atoms with E-state index in [1.54, 1.807) is 31.5 Å². The fourth-order valence-corrected chi connectivity index (χ4v) is 2.19. The summed E-state index contributed by atoms with van der Waals surface area (Å²) >= 11 is 9.46. The number of rotatable bonds is 3. The first kappa shape index (κ1) is 14.0. The Balaban J connectivity index is 2.41. The number of anilines is 3. The second-order valence-corrected chi connectivity index (χ2v) is 5.20. The van der Waals surface area contributed by atoms with Crippen LogP contribution in [0.15, 0.2) is 28.9 Å². The SMILES string of the molecule is COc1ccc(Cl)cc1Nc1ncc(N)c(C)c1Br. The van der Waals surface area contributed by atoms with Crippen molar-refractivity contribution < 1.29 is 4.74 Å². The number of benzene rings is 1. The highest BCUT2D eigenvalue weighted by atomic mass is 79.9. The lowest BCUT2D eigenvalue weighted by molar-refractivity contribution is 0.417. The number of methoxy groups -OCH3 is 1. The Morgan fingerprint density at radius 2 is 2.16 bits per heavy atom. The maximum atomic E-state index is 5.99. The molecule has 0 aliphatic rings. The molecule has 100 valence electrons. The topological polar surface area (TPSA) is 60.2 Å². The van der Waals surface area contributed by atoms with Crippen LogP contribution in [0.4, 0.5) is 17.2 Å². The van der Waals surface area contributed by atoms with Crippen molar-refractivity contribution in [3.63, 3.8) is 0 Å². The summed E-state index contributed by atoms with van der Waals surface area (Å²) < 4.78 is 6.09. The lowest BCUT2D eigenvalue weighted by Gasteiger charge is -2.13. The molecule has 1 heterocycles. The quantitative estimate of drug-likeness (QED) is 0.880. The first-order chi connectivity index (χ1) is 9.02. The second kappa shape index (κ2) is 5.67. The van der Waals surface area contributed by atoms with Gasteiger partial charge in [0.1, 0.15) is 11.6 Å². The summed E-state index contributed by atoms with van der Waals surface area (Å²) in [6.07, 6.45) is 1.61. The van der Waals surface area contributed by atoms with Crippen LogP contribution in [0.25, 0.3) is 0 Å². The van der Waals surface area contributed by atoms with Crippen molar-refractivity contribution in [2.24, 2.45) is 0 Å². The van der Waals surface area contributed by atoms with Gasteiger partial charge in [0.2, 0.25) is 0 Å². The number of nitrogens with two attached hydrogens (primary N) is 1. The molecular weight excluding hydrogens is 330 g/mol. The van der Waals surface area contributed by atoms with E-state index in [2.05, 4.69) is 26.2 Å². The Bertz CT molecular complexity index is 619. The molecule has 1 aromatic carbocycles. The first-order valence-electron chi connectivity index (χ1n) is 5.54. The van der Waals surface area contributed by atoms with Gasteiger partial charge in [-0.05, 0) is 46.6 Å². The maximum Gasteiger partial charge on any atom is 0.145 e. The van der Waals surface area contributed by atoms with Gasteiger partial charge in [-0.25, -0.2) is 4.98 Å². The summed E-state index contributed by atoms with van der Waals surface area (Å²) in [5.41, 5.74) is 8.10. The molecule has 2 aromatic rings. The second-order valence-electron chi connectivity index (χ2n) is 3.97. The third-order valence-electron chi connectivity index (χ3n) is 2.72. The Morgan fingerprint density at radius 3 is 2.84 bits per heavy atom. The molecule has 0 atom stereocenters. The Labute approximate surface area is 125 Å². The number of nitrogens with one attached hydrogen (secondary N) is 1. The average Bonchev–Trinajstić information content (AvgIpc) is 2.40. The molecule has 0 fully saturated rings. The molecule has 6 heteroatoms. The fraction of sp³-hybridized carbons (Fsp3) is 0.154. The van der Waals surface area contributed by atoms with Crippen LogP contribution in [0, 0.1) is 6.92 Å². The van der Waals surface area contributed by atoms with Crippen LogP contribution in [-0.4, -0.2) is 12.1 Å². The van der Waals surface area contributed by atoms with Gasteiger partial charge < -0.3 is 15.8 Å². The number of halogens is 2. The molecule has 0 saturated carbocycles. The summed E-state index contributed by atoms with van der Waals surface area (Å²) in [7, 11) is 1.60. The van der Waals surface area contributed by atoms with E-state index in [-0.39, 0.29) is 0 Å². The summed E-state index contributed by atoms with van der Waals surface area (Å²) in [6.45, 7) is 1.92. The average molecular weight is 343 g/mol. The zero-order valence-electron chi connectivity index (χ0n) is 10.5. The summed E-state index contributed by atoms with van der Waals surface area (Å²) in [4.78, 5) is 4.26. The van der Waals surface area contributed by atoms with Crippen LogP contribution in [0.1, 0.15) is 5.56 Å². The molecule has 0 amide bonds. The van der Waals surface area contributed by atoms with Gasteiger partial charge in [-0.1, -0.05) is 11.6 Å². The van der Waals surface area contributed by atoms with E-state index >= 15 is 0 Å². The van der Waals surface area contributed by atoms with Crippen molar-refractivity contribution in [3.8, 4) is 5.75 Å². The molecular formula is C13H13BrClN3O. The Kier molecular flexibility index (Phi) is 4.17. The van der Waals surface area contributed by atoms with Crippen LogP contribution in [0.5, 0.6) is 5.75 Å². The number of hydrogen-bond acceptors (Lipinski definition) is 4. The normalized spacial score (nSPS) is 10.3. The predicted octanol–water partition coefficient (Wildman–Crippen LogP) is 4.14. The molecule has 3 N–H and O–H groups in total. The van der Waals surface area contributed by atoms with E-state index in [0.717, 1.165) is 15.7 Å². The van der Waals surface area contributed by atoms with Crippen LogP contribution in [0.2, 0.25) is 5.02 Å². The fourth-order valence-electron chi connectivity index (χ4n) is 1.58. The minimum Gasteiger partial charge on any atom is -0.495 e. The van der Waals surface area contributed by atoms with Crippen molar-refractivity contribution >= 4 is 44.7 Å². The highest BCUT2D eigenvalue weighted by Gasteiger charge is 2.10. The van der Waals surface area contributed by atoms with E-state index in [1.807, 2.05) is 6.92 Å². The van der Waals surface area contributed by atoms with Gasteiger partial charge >= 0.3 is 0 Å². The third kappa shape index (κ3) is 2.93. The molecule has 0 saturated heterocycles. The largest absolute Gasteiger partial charge is 0.495 e. The van der Waals surface area contributed by atoms with Crippen LogP contribution in [-0.2, 0) is 0 Å². The molecule has 19 heavy (non-hydrogen) atoms. The Morgan fingerprint density at radius 1 is 1.42 bits per heavy atom. The minimum atomic E-state index is 0.617. The zero-order valence-corrected chi connectivity index (χ0v) is 12.8. The van der Waals surface area contributed by atoms with Crippen LogP contribution >= 0.6 is 27.5 Å². The molecule has 0 spiro atoms. The number of aromatic nitrogens is 1. The van der Waals surface area contributed by atoms with E-state index < -0.39 is 0 Å². The zero-order chi connectivity index (χ0) is 14.0. The van der Waals surface area contributed by atoms with Crippen molar-refractivity contribution in [3.05, 3.63) is 39.5 Å². The molecule has 0 unspecified atom stereocenters. The molecule has 0 bridgehead atoms. The Hall–Kier alpha value is -1.46. The van der Waals surface area contributed by atoms with Gasteiger partial charge in [0.15, 0.2) is 0 Å². The lowest BCUT2D eigenvalue weighted by Crippen LogP contribution is -2.01. The molecule has 1 aromatic heterocycles. The van der Waals surface area contributed by atoms with Gasteiger partial charge in [-0.3, -0.25) is 0 Å². The molecule has 4 nitrogen and oxygen atoms in total. The molecule has 2 rings (SSSR count). The van der Waals surface area contributed by atoms with Gasteiger partial charge in [-0.15, -0.1) is 0 Å². The minimum absolute atomic E-state index is 0.617. The van der Waals surface area contributed by atoms with E-state index in [1.165, 1.54) is 0 Å². The van der Waals surface area contributed by atoms with Gasteiger partial charge in [-0.2, -0.15) is 0 Å². The van der Waals surface area contributed by atoms with E-state index in [4.69, 9.17) is 22.1 Å². The maximum absolute atomic E-state index is 5.99. The van der Waals surface area contributed by atoms with Gasteiger partial charge in [0.05, 0.1) is 29.2 Å². The molecule has 0 aliphatic heterocycles. The summed E-state index contributed by atoms with van der Waals surface area (Å²) in [5, 5.41) is 3.79. The van der Waals surface area contributed by atoms with Crippen molar-refractivity contribution in [2.45, 2.75) is 6.92 Å². The smallest absolute Gasteiger partial charge is 0.145 e. The number of nitrogen functional groups attached to an aromatic ring is 1. The number of nitrogens with zero attached hydrogens (tertiary/aromatic N) is 1. The van der Waals surface area contributed by atoms with Gasteiger partial charge in [0.25, 0.3) is 0 Å². The standard InChI is InChI=1S/C13H13BrClN3O/c1-7-9(16)6-17-13(12(7)14)18-10-5-8(15)3-4-11(10)19-2/h3-6H,16H2,1-2H3,(H,17,18). The highest BCUT2D eigenvalue weighted by Crippen LogP contribution is 2.34. The third-order valence-corrected chi connectivity index (χ3v) is 3.92. The molecule has 0 radical (unpaired) electrons. The number of pyridine rings is 1. The first-order valence-corrected chi connectivity index (χ1v) is 6.71. The molecule has 0 aliphatic carbocycles. The van der Waals surface area contributed by atoms with Crippen LogP contribution < -0.4 is 15.8 Å². The van der Waals surface area contributed by atoms with E-state index in [0.29, 0.717) is 22.3 Å². The predicted molar refractivity (Wildman–Crippen MR) is 82.4 cm³/mol. The summed E-state index contributed by atoms with van der Waals surface area (Å²) in [5.74, 6) is 1.35. The monoisotopic (exact) mass is 341 g/mol. The van der Waals surface area contributed by atoms with Crippen molar-refractivity contribution in [1.82, 2.24) is 4.98 Å². The van der Waals surface area contributed by atoms with Gasteiger partial charge in [0, 0.05) is 5.02 Å². The van der Waals surface area contributed by atoms with E-state index in [9.17, 15) is 0 Å². The van der Waals surface area contributed by atoms with Crippen molar-refractivity contribution in [2.75, 3.05) is 18.2 Å².